The van der Waals surface area contributed by atoms with Crippen LogP contribution in [-0.2, 0) is 14.3 Å². The van der Waals surface area contributed by atoms with Crippen LogP contribution >= 0.6 is 12.4 Å². The molecule has 0 spiro atoms. The number of morpholine rings is 1. The molecule has 0 aromatic carbocycles. The Balaban J connectivity index is 0.00000289. The Morgan fingerprint density at radius 1 is 1.39 bits per heavy atom. The van der Waals surface area contributed by atoms with E-state index in [1.807, 2.05) is 6.92 Å². The van der Waals surface area contributed by atoms with Crippen LogP contribution in [0.1, 0.15) is 19.8 Å². The number of nitrogens with one attached hydrogen (secondary N) is 1. The van der Waals surface area contributed by atoms with Gasteiger partial charge in [-0.3, -0.25) is 9.59 Å². The minimum atomic E-state index is -0.516. The molecule has 18 heavy (non-hydrogen) atoms. The highest BCUT2D eigenvalue weighted by Crippen LogP contribution is 1.97. The molecule has 3 N–H and O–H groups in total. The second-order valence-electron chi connectivity index (χ2n) is 4.11. The Labute approximate surface area is 114 Å². The summed E-state index contributed by atoms with van der Waals surface area (Å²) in [6.45, 7) is 4.30. The van der Waals surface area contributed by atoms with Gasteiger partial charge in [0, 0.05) is 13.1 Å². The van der Waals surface area contributed by atoms with E-state index in [1.54, 1.807) is 4.90 Å². The van der Waals surface area contributed by atoms with E-state index < -0.39 is 6.04 Å². The Kier molecular flexibility index (Phi) is 8.70. The molecule has 1 atom stereocenters. The first-order valence-corrected chi connectivity index (χ1v) is 6.04. The van der Waals surface area contributed by atoms with Crippen molar-refractivity contribution in [2.75, 3.05) is 32.8 Å². The molecule has 0 radical (unpaired) electrons. The number of halogens is 1. The summed E-state index contributed by atoms with van der Waals surface area (Å²) in [7, 11) is 0. The summed E-state index contributed by atoms with van der Waals surface area (Å²) in [5.41, 5.74) is 5.64. The molecule has 1 fully saturated rings. The van der Waals surface area contributed by atoms with Gasteiger partial charge in [0.25, 0.3) is 0 Å². The monoisotopic (exact) mass is 279 g/mol. The second kappa shape index (κ2) is 9.13. The third kappa shape index (κ3) is 5.66. The van der Waals surface area contributed by atoms with Crippen molar-refractivity contribution < 1.29 is 14.3 Å². The summed E-state index contributed by atoms with van der Waals surface area (Å²) in [6.07, 6.45) is 1.49. The summed E-state index contributed by atoms with van der Waals surface area (Å²) in [5.74, 6) is -0.334. The second-order valence-corrected chi connectivity index (χ2v) is 4.11. The molecule has 2 amide bonds. The van der Waals surface area contributed by atoms with Gasteiger partial charge in [-0.1, -0.05) is 13.3 Å². The average Bonchev–Trinajstić information content (AvgIpc) is 2.36. The van der Waals surface area contributed by atoms with E-state index >= 15 is 0 Å². The van der Waals surface area contributed by atoms with E-state index in [9.17, 15) is 9.59 Å². The molecule has 1 saturated heterocycles. The summed E-state index contributed by atoms with van der Waals surface area (Å²) in [5, 5.41) is 2.57. The number of nitrogens with zero attached hydrogens (tertiary/aromatic N) is 1. The van der Waals surface area contributed by atoms with Gasteiger partial charge in [-0.05, 0) is 6.42 Å². The van der Waals surface area contributed by atoms with Crippen LogP contribution in [0.3, 0.4) is 0 Å². The lowest BCUT2D eigenvalue weighted by Gasteiger charge is -2.27. The highest BCUT2D eigenvalue weighted by molar-refractivity contribution is 5.87. The first kappa shape index (κ1) is 17.2. The van der Waals surface area contributed by atoms with Gasteiger partial charge in [0.05, 0.1) is 25.8 Å². The molecular formula is C11H22ClN3O3. The number of nitrogens with two attached hydrogens (primary N) is 1. The van der Waals surface area contributed by atoms with Crippen molar-refractivity contribution in [1.82, 2.24) is 10.2 Å². The largest absolute Gasteiger partial charge is 0.378 e. The smallest absolute Gasteiger partial charge is 0.242 e. The van der Waals surface area contributed by atoms with Crippen LogP contribution in [0.2, 0.25) is 0 Å². The maximum atomic E-state index is 11.7. The lowest BCUT2D eigenvalue weighted by Crippen LogP contribution is -2.48. The minimum absolute atomic E-state index is 0. The number of hydrogen-bond acceptors (Lipinski definition) is 4. The predicted octanol–water partition coefficient (Wildman–Crippen LogP) is -0.489. The van der Waals surface area contributed by atoms with Crippen LogP contribution in [0.5, 0.6) is 0 Å². The highest BCUT2D eigenvalue weighted by Gasteiger charge is 2.18. The van der Waals surface area contributed by atoms with Gasteiger partial charge in [0.15, 0.2) is 0 Å². The van der Waals surface area contributed by atoms with Crippen LogP contribution in [-0.4, -0.2) is 55.6 Å². The number of carbonyl (C=O) groups is 2. The quantitative estimate of drug-likeness (QED) is 0.711. The summed E-state index contributed by atoms with van der Waals surface area (Å²) in [6, 6.07) is -0.516. The van der Waals surface area contributed by atoms with E-state index in [0.29, 0.717) is 32.7 Å². The lowest BCUT2D eigenvalue weighted by molar-refractivity contribution is -0.136. The molecule has 106 valence electrons. The standard InChI is InChI=1S/C11H21N3O3.ClH/c1-2-3-9(12)11(16)13-8-10(15)14-4-6-17-7-5-14;/h9H,2-8,12H2,1H3,(H,13,16);1H. The SMILES string of the molecule is CCCC(N)C(=O)NCC(=O)N1CCOCC1.Cl. The fourth-order valence-corrected chi connectivity index (χ4v) is 1.66. The van der Waals surface area contributed by atoms with Gasteiger partial charge in [0.2, 0.25) is 11.8 Å². The molecule has 0 aliphatic carbocycles. The van der Waals surface area contributed by atoms with E-state index in [0.717, 1.165) is 6.42 Å². The average molecular weight is 280 g/mol. The molecule has 1 aliphatic rings. The van der Waals surface area contributed by atoms with Crippen molar-refractivity contribution in [1.29, 1.82) is 0 Å². The molecule has 0 bridgehead atoms. The fraction of sp³-hybridized carbons (Fsp3) is 0.818. The zero-order valence-corrected chi connectivity index (χ0v) is 11.5. The Morgan fingerprint density at radius 2 is 2.00 bits per heavy atom. The van der Waals surface area contributed by atoms with Crippen molar-refractivity contribution in [3.63, 3.8) is 0 Å². The zero-order chi connectivity index (χ0) is 12.7. The van der Waals surface area contributed by atoms with Gasteiger partial charge < -0.3 is 20.7 Å². The Morgan fingerprint density at radius 3 is 2.56 bits per heavy atom. The molecule has 1 rings (SSSR count). The molecule has 1 unspecified atom stereocenters. The number of hydrogen-bond donors (Lipinski definition) is 2. The Bertz CT molecular complexity index is 270. The van der Waals surface area contributed by atoms with E-state index in [2.05, 4.69) is 5.32 Å². The minimum Gasteiger partial charge on any atom is -0.378 e. The van der Waals surface area contributed by atoms with Crippen molar-refractivity contribution in [3.8, 4) is 0 Å². The van der Waals surface area contributed by atoms with E-state index in [4.69, 9.17) is 10.5 Å². The van der Waals surface area contributed by atoms with Crippen molar-refractivity contribution in [3.05, 3.63) is 0 Å². The van der Waals surface area contributed by atoms with Crippen LogP contribution in [0.25, 0.3) is 0 Å². The van der Waals surface area contributed by atoms with Crippen LogP contribution in [0, 0.1) is 0 Å². The number of amides is 2. The molecule has 0 aromatic heterocycles. The molecular weight excluding hydrogens is 258 g/mol. The number of carbonyl (C=O) groups excluding carboxylic acids is 2. The zero-order valence-electron chi connectivity index (χ0n) is 10.7. The van der Waals surface area contributed by atoms with Crippen molar-refractivity contribution in [2.45, 2.75) is 25.8 Å². The Hall–Kier alpha value is -0.850. The first-order valence-electron chi connectivity index (χ1n) is 6.04. The first-order chi connectivity index (χ1) is 8.15. The number of ether oxygens (including phenoxy) is 1. The maximum Gasteiger partial charge on any atom is 0.242 e. The van der Waals surface area contributed by atoms with Crippen LogP contribution < -0.4 is 11.1 Å². The molecule has 0 aromatic rings. The molecule has 7 heteroatoms. The lowest BCUT2D eigenvalue weighted by atomic mass is 10.2. The van der Waals surface area contributed by atoms with Gasteiger partial charge in [0.1, 0.15) is 0 Å². The summed E-state index contributed by atoms with van der Waals surface area (Å²) >= 11 is 0. The topological polar surface area (TPSA) is 84.7 Å². The number of rotatable bonds is 5. The summed E-state index contributed by atoms with van der Waals surface area (Å²) < 4.78 is 5.14. The molecule has 0 saturated carbocycles. The third-order valence-electron chi connectivity index (χ3n) is 2.71. The highest BCUT2D eigenvalue weighted by atomic mass is 35.5. The van der Waals surface area contributed by atoms with Gasteiger partial charge in [-0.2, -0.15) is 0 Å². The third-order valence-corrected chi connectivity index (χ3v) is 2.71. The molecule has 1 aliphatic heterocycles. The normalized spacial score (nSPS) is 16.7. The van der Waals surface area contributed by atoms with Gasteiger partial charge in [-0.25, -0.2) is 0 Å². The van der Waals surface area contributed by atoms with Crippen LogP contribution in [0.4, 0.5) is 0 Å². The fourth-order valence-electron chi connectivity index (χ4n) is 1.66. The van der Waals surface area contributed by atoms with E-state index in [1.165, 1.54) is 0 Å². The maximum absolute atomic E-state index is 11.7. The van der Waals surface area contributed by atoms with Gasteiger partial charge >= 0.3 is 0 Å². The van der Waals surface area contributed by atoms with Crippen LogP contribution in [0.15, 0.2) is 0 Å². The van der Waals surface area contributed by atoms with Crippen molar-refractivity contribution in [2.24, 2.45) is 5.73 Å². The predicted molar refractivity (Wildman–Crippen MR) is 70.5 cm³/mol. The molecule has 6 nitrogen and oxygen atoms in total. The molecule has 1 heterocycles. The van der Waals surface area contributed by atoms with Gasteiger partial charge in [-0.15, -0.1) is 12.4 Å². The van der Waals surface area contributed by atoms with Crippen molar-refractivity contribution >= 4 is 24.2 Å². The summed E-state index contributed by atoms with van der Waals surface area (Å²) in [4.78, 5) is 24.9. The van der Waals surface area contributed by atoms with E-state index in [-0.39, 0.29) is 30.8 Å².